The Hall–Kier alpha value is -4.65. The molecule has 2 heterocycles. The summed E-state index contributed by atoms with van der Waals surface area (Å²) in [7, 11) is -4.55. The van der Waals surface area contributed by atoms with Gasteiger partial charge in [0.2, 0.25) is 17.3 Å². The highest BCUT2D eigenvalue weighted by Crippen LogP contribution is 2.50. The number of nitrogens with zero attached hydrogens (tertiary/aromatic N) is 2. The summed E-state index contributed by atoms with van der Waals surface area (Å²) in [6.07, 6.45) is 7.38. The minimum Gasteiger partial charge on any atom is -0.506 e. The third-order valence-electron chi connectivity index (χ3n) is 11.1. The van der Waals surface area contributed by atoms with Crippen LogP contribution in [0.15, 0.2) is 80.9 Å². The van der Waals surface area contributed by atoms with Crippen molar-refractivity contribution < 1.29 is 65.9 Å². The highest BCUT2D eigenvalue weighted by molar-refractivity contribution is 7.94. The number of carbonyl (C=O) groups excluding carboxylic acids is 4. The Bertz CT molecular complexity index is 2270. The Balaban J connectivity index is 1.55. The number of hydrogen-bond donors (Lipinski definition) is 3. The summed E-state index contributed by atoms with van der Waals surface area (Å²) in [6, 6.07) is 9.77. The largest absolute Gasteiger partial charge is 0.506 e. The van der Waals surface area contributed by atoms with Gasteiger partial charge >= 0.3 is 11.9 Å². The fourth-order valence-electron chi connectivity index (χ4n) is 8.02. The van der Waals surface area contributed by atoms with Gasteiger partial charge in [-0.05, 0) is 95.3 Å². The topological polar surface area (TPSA) is 206 Å². The van der Waals surface area contributed by atoms with E-state index in [9.17, 15) is 37.3 Å². The highest BCUT2D eigenvalue weighted by Gasteiger charge is 2.48. The highest BCUT2D eigenvalue weighted by atomic mass is 32.2. The molecule has 324 valence electrons. The van der Waals surface area contributed by atoms with Crippen molar-refractivity contribution in [3.8, 4) is 0 Å². The molecule has 0 saturated heterocycles. The molecule has 0 bridgehead atoms. The number of benzene rings is 2. The maximum absolute atomic E-state index is 13.9. The van der Waals surface area contributed by atoms with Crippen LogP contribution >= 0.6 is 12.0 Å². The van der Waals surface area contributed by atoms with Crippen molar-refractivity contribution in [3.63, 3.8) is 0 Å². The van der Waals surface area contributed by atoms with Gasteiger partial charge in [0.05, 0.1) is 46.7 Å². The van der Waals surface area contributed by atoms with Crippen LogP contribution < -0.4 is 4.90 Å². The Morgan fingerprint density at radius 1 is 0.833 bits per heavy atom. The number of rotatable bonds is 20. The zero-order valence-corrected chi connectivity index (χ0v) is 36.4. The second-order valence-electron chi connectivity index (χ2n) is 15.7. The van der Waals surface area contributed by atoms with Crippen molar-refractivity contribution in [2.45, 2.75) is 114 Å². The van der Waals surface area contributed by atoms with Crippen molar-refractivity contribution in [1.29, 1.82) is 0 Å². The van der Waals surface area contributed by atoms with E-state index in [2.05, 4.69) is 9.37 Å². The zero-order valence-electron chi connectivity index (χ0n) is 34.7. The third-order valence-corrected chi connectivity index (χ3v) is 12.5. The van der Waals surface area contributed by atoms with Gasteiger partial charge in [0.25, 0.3) is 10.1 Å². The van der Waals surface area contributed by atoms with E-state index in [4.69, 9.17) is 14.7 Å². The van der Waals surface area contributed by atoms with E-state index < -0.39 is 38.3 Å². The number of hydrogen-bond acceptors (Lipinski definition) is 14. The number of carbonyl (C=O) groups is 4. The van der Waals surface area contributed by atoms with Gasteiger partial charge in [0.1, 0.15) is 12.3 Å². The molecule has 0 amide bonds. The van der Waals surface area contributed by atoms with E-state index >= 15 is 0 Å². The summed E-state index contributed by atoms with van der Waals surface area (Å²) in [4.78, 5) is 53.9. The summed E-state index contributed by atoms with van der Waals surface area (Å²) in [6.45, 7) is 12.5. The standard InChI is InChI=1S/C43H52N2O13S2/c1-7-55-37(46)15-11-9-13-21-44-33-19-17-27(59-58-57-51)23-31(33)42(3,4)35(44)25-29-39(48)30(41(50)40(29)49)26-36-43(5,6)32-24-28(60(52,53)54)18-20-34(32)45(36)22-14-10-12-16-38(47)56-8-2/h17-20,23-26H,7-16,21-22H2,1-6H3,(H2-,48,49,50,51,52,53,54)/p+1. The third kappa shape index (κ3) is 9.93. The van der Waals surface area contributed by atoms with Crippen LogP contribution in [0.2, 0.25) is 0 Å². The second kappa shape index (κ2) is 19.4. The minimum atomic E-state index is -4.55. The predicted molar refractivity (Wildman–Crippen MR) is 223 cm³/mol. The van der Waals surface area contributed by atoms with Gasteiger partial charge in [0, 0.05) is 65.2 Å². The summed E-state index contributed by atoms with van der Waals surface area (Å²) in [5.74, 6) is -2.87. The number of Topliss-reactive ketones (excluding diaryl/α,β-unsaturated/α-hetero) is 2. The van der Waals surface area contributed by atoms with Gasteiger partial charge in [-0.3, -0.25) is 23.7 Å². The molecule has 0 spiro atoms. The number of ether oxygens (including phenoxy) is 2. The van der Waals surface area contributed by atoms with Crippen LogP contribution in [-0.4, -0.2) is 83.4 Å². The lowest BCUT2D eigenvalue weighted by Crippen LogP contribution is -2.29. The number of aliphatic hydroxyl groups is 1. The van der Waals surface area contributed by atoms with Crippen LogP contribution in [0.1, 0.15) is 104 Å². The Morgan fingerprint density at radius 2 is 1.48 bits per heavy atom. The maximum Gasteiger partial charge on any atom is 0.305 e. The predicted octanol–water partition coefficient (Wildman–Crippen LogP) is 7.56. The van der Waals surface area contributed by atoms with Gasteiger partial charge in [-0.2, -0.15) is 13.0 Å². The quantitative estimate of drug-likeness (QED) is 0.0135. The average Bonchev–Trinajstić information content (AvgIpc) is 3.63. The van der Waals surface area contributed by atoms with Gasteiger partial charge in [-0.25, -0.2) is 5.26 Å². The average molecular weight is 870 g/mol. The van der Waals surface area contributed by atoms with Crippen molar-refractivity contribution in [2.24, 2.45) is 0 Å². The molecule has 3 N–H and O–H groups in total. The fraction of sp³-hybridized carbons (Fsp3) is 0.465. The van der Waals surface area contributed by atoms with Crippen LogP contribution in [-0.2, 0) is 59.0 Å². The molecule has 3 aliphatic rings. The van der Waals surface area contributed by atoms with E-state index in [0.717, 1.165) is 23.3 Å². The summed E-state index contributed by atoms with van der Waals surface area (Å²) in [5.41, 5.74) is 1.87. The molecule has 2 aromatic rings. The molecule has 1 aliphatic carbocycles. The second-order valence-corrected chi connectivity index (χ2v) is 17.9. The van der Waals surface area contributed by atoms with E-state index in [1.807, 2.05) is 49.3 Å². The first kappa shape index (κ1) is 46.4. The number of allylic oxidation sites excluding steroid dienone is 5. The smallest absolute Gasteiger partial charge is 0.305 e. The molecule has 0 radical (unpaired) electrons. The van der Waals surface area contributed by atoms with Crippen molar-refractivity contribution >= 4 is 62.8 Å². The summed E-state index contributed by atoms with van der Waals surface area (Å²) in [5, 5.41) is 24.4. The fourth-order valence-corrected chi connectivity index (χ4v) is 8.93. The number of anilines is 1. The Morgan fingerprint density at radius 3 is 2.10 bits per heavy atom. The molecule has 2 aromatic carbocycles. The van der Waals surface area contributed by atoms with Gasteiger partial charge < -0.3 is 19.5 Å². The minimum absolute atomic E-state index is 0.186. The first-order valence-electron chi connectivity index (χ1n) is 20.0. The van der Waals surface area contributed by atoms with Crippen molar-refractivity contribution in [1.82, 2.24) is 0 Å². The summed E-state index contributed by atoms with van der Waals surface area (Å²) >= 11 is 0.801. The van der Waals surface area contributed by atoms with Gasteiger partial charge in [-0.15, -0.1) is 4.33 Å². The molecule has 60 heavy (non-hydrogen) atoms. The van der Waals surface area contributed by atoms with E-state index in [1.54, 1.807) is 32.1 Å². The molecule has 15 nitrogen and oxygen atoms in total. The number of aliphatic hydroxyl groups excluding tert-OH is 1. The molecule has 0 atom stereocenters. The molecule has 0 unspecified atom stereocenters. The van der Waals surface area contributed by atoms with Crippen LogP contribution in [0.5, 0.6) is 0 Å². The lowest BCUT2D eigenvalue weighted by atomic mass is 9.81. The molecular weight excluding hydrogens is 817 g/mol. The maximum atomic E-state index is 13.9. The molecule has 2 aliphatic heterocycles. The van der Waals surface area contributed by atoms with Gasteiger partial charge in [-0.1, -0.05) is 25.3 Å². The normalized spacial score (nSPS) is 18.2. The van der Waals surface area contributed by atoms with E-state index in [0.29, 0.717) is 92.4 Å². The molecule has 5 rings (SSSR count). The van der Waals surface area contributed by atoms with Crippen LogP contribution in [0.25, 0.3) is 0 Å². The molecule has 17 heteroatoms. The van der Waals surface area contributed by atoms with Crippen LogP contribution in [0, 0.1) is 0 Å². The van der Waals surface area contributed by atoms with E-state index in [-0.39, 0.29) is 40.8 Å². The molecule has 0 saturated carbocycles. The molecule has 0 aromatic heterocycles. The van der Waals surface area contributed by atoms with Crippen molar-refractivity contribution in [2.75, 3.05) is 31.2 Å². The molecule has 0 fully saturated rings. The van der Waals surface area contributed by atoms with Crippen LogP contribution in [0.4, 0.5) is 11.4 Å². The lowest BCUT2D eigenvalue weighted by molar-refractivity contribution is -0.438. The number of esters is 2. The zero-order chi connectivity index (χ0) is 44.0. The molecular formula is C43H53N2O13S2+. The van der Waals surface area contributed by atoms with Crippen LogP contribution in [0.3, 0.4) is 0 Å². The first-order chi connectivity index (χ1) is 28.4. The van der Waals surface area contributed by atoms with Gasteiger partial charge in [0.15, 0.2) is 5.71 Å². The first-order valence-corrected chi connectivity index (χ1v) is 22.2. The monoisotopic (exact) mass is 869 g/mol. The number of unbranched alkanes of at least 4 members (excludes halogenated alkanes) is 4. The Kier molecular flexibility index (Phi) is 15.0. The lowest BCUT2D eigenvalue weighted by Gasteiger charge is -2.27. The van der Waals surface area contributed by atoms with Crippen molar-refractivity contribution in [3.05, 3.63) is 82.3 Å². The number of ketones is 2. The number of fused-ring (bicyclic) bond motifs is 2. The summed E-state index contributed by atoms with van der Waals surface area (Å²) < 4.78 is 51.0. The SMILES string of the molecule is CCOC(=O)CCCCCN1/C(=C/C2=C(O)C(=CC3=[N+](CCCCCC(=O)OCC)c4ccc(SOOO)cc4C3(C)C)C(=O)C2=O)C(C)(C)c2cc(S(=O)(=O)O)ccc21. The van der Waals surface area contributed by atoms with E-state index in [1.165, 1.54) is 18.2 Å². The Labute approximate surface area is 354 Å².